The molecule has 1 saturated heterocycles. The summed E-state index contributed by atoms with van der Waals surface area (Å²) in [6, 6.07) is 4.96. The Bertz CT molecular complexity index is 484. The Morgan fingerprint density at radius 3 is 2.35 bits per heavy atom. The van der Waals surface area contributed by atoms with Crippen molar-refractivity contribution in [2.24, 2.45) is 0 Å². The minimum absolute atomic E-state index is 0.0472. The van der Waals surface area contributed by atoms with Gasteiger partial charge in [-0.3, -0.25) is 0 Å². The van der Waals surface area contributed by atoms with Gasteiger partial charge in [0, 0.05) is 31.4 Å². The zero-order valence-electron chi connectivity index (χ0n) is 12.6. The third kappa shape index (κ3) is 5.04. The predicted molar refractivity (Wildman–Crippen MR) is 76.6 cm³/mol. The standard InChI is InChI=1S/C15H19F5N2O/c1-22(12-5-2-10(3-6-12)15(18,19)20)13-7-4-11(21-8-13)9-23-14(16)17/h2-3,5-6,11,13-14,21H,4,7-9H2,1H3/t11-,13+/m0/s1. The zero-order valence-corrected chi connectivity index (χ0v) is 12.6. The number of likely N-dealkylation sites (N-methyl/N-ethyl adjacent to an activating group) is 1. The fraction of sp³-hybridized carbons (Fsp3) is 0.600. The third-order valence-corrected chi connectivity index (χ3v) is 4.06. The van der Waals surface area contributed by atoms with E-state index in [1.54, 1.807) is 0 Å². The van der Waals surface area contributed by atoms with E-state index >= 15 is 0 Å². The Morgan fingerprint density at radius 1 is 1.22 bits per heavy atom. The topological polar surface area (TPSA) is 24.5 Å². The van der Waals surface area contributed by atoms with Crippen molar-refractivity contribution in [2.45, 2.75) is 37.7 Å². The molecule has 0 bridgehead atoms. The molecule has 1 aromatic carbocycles. The van der Waals surface area contributed by atoms with E-state index in [-0.39, 0.29) is 18.7 Å². The first-order valence-corrected chi connectivity index (χ1v) is 7.30. The van der Waals surface area contributed by atoms with Gasteiger partial charge in [-0.2, -0.15) is 22.0 Å². The normalized spacial score (nSPS) is 22.4. The Kier molecular flexibility index (Phi) is 5.80. The van der Waals surface area contributed by atoms with E-state index in [1.807, 2.05) is 11.9 Å². The van der Waals surface area contributed by atoms with Crippen molar-refractivity contribution in [3.05, 3.63) is 29.8 Å². The van der Waals surface area contributed by atoms with E-state index in [2.05, 4.69) is 10.1 Å². The number of ether oxygens (including phenoxy) is 1. The Balaban J connectivity index is 1.88. The van der Waals surface area contributed by atoms with Gasteiger partial charge in [0.1, 0.15) is 0 Å². The Labute approximate surface area is 131 Å². The fourth-order valence-electron chi connectivity index (χ4n) is 2.66. The van der Waals surface area contributed by atoms with Crippen molar-refractivity contribution in [3.63, 3.8) is 0 Å². The maximum absolute atomic E-state index is 12.6. The van der Waals surface area contributed by atoms with E-state index in [0.29, 0.717) is 18.7 Å². The van der Waals surface area contributed by atoms with Crippen LogP contribution < -0.4 is 10.2 Å². The van der Waals surface area contributed by atoms with Crippen molar-refractivity contribution < 1.29 is 26.7 Å². The van der Waals surface area contributed by atoms with Crippen molar-refractivity contribution in [3.8, 4) is 0 Å². The minimum Gasteiger partial charge on any atom is -0.370 e. The Morgan fingerprint density at radius 2 is 1.87 bits per heavy atom. The van der Waals surface area contributed by atoms with Crippen LogP contribution in [0.15, 0.2) is 24.3 Å². The van der Waals surface area contributed by atoms with Crippen LogP contribution in [-0.4, -0.2) is 38.9 Å². The number of hydrogen-bond donors (Lipinski definition) is 1. The number of halogens is 5. The molecule has 8 heteroatoms. The van der Waals surface area contributed by atoms with Crippen LogP contribution in [0, 0.1) is 0 Å². The molecule has 0 aromatic heterocycles. The molecule has 0 spiro atoms. The van der Waals surface area contributed by atoms with Crippen molar-refractivity contribution in [2.75, 3.05) is 25.1 Å². The average molecular weight is 338 g/mol. The minimum atomic E-state index is -4.35. The highest BCUT2D eigenvalue weighted by Crippen LogP contribution is 2.31. The van der Waals surface area contributed by atoms with Crippen LogP contribution in [-0.2, 0) is 10.9 Å². The second-order valence-corrected chi connectivity index (χ2v) is 5.59. The molecule has 0 radical (unpaired) electrons. The molecule has 0 saturated carbocycles. The zero-order chi connectivity index (χ0) is 17.0. The van der Waals surface area contributed by atoms with Gasteiger partial charge in [0.05, 0.1) is 12.2 Å². The molecular formula is C15H19F5N2O. The molecule has 130 valence electrons. The van der Waals surface area contributed by atoms with Crippen molar-refractivity contribution in [1.29, 1.82) is 0 Å². The molecule has 0 unspecified atom stereocenters. The van der Waals surface area contributed by atoms with Crippen LogP contribution >= 0.6 is 0 Å². The highest BCUT2D eigenvalue weighted by molar-refractivity contribution is 5.48. The van der Waals surface area contributed by atoms with Crippen molar-refractivity contribution in [1.82, 2.24) is 5.32 Å². The summed E-state index contributed by atoms with van der Waals surface area (Å²) in [5.74, 6) is 0. The van der Waals surface area contributed by atoms with Crippen LogP contribution in [0.1, 0.15) is 18.4 Å². The molecule has 0 aliphatic carbocycles. The number of rotatable bonds is 5. The number of anilines is 1. The lowest BCUT2D eigenvalue weighted by Crippen LogP contribution is -2.50. The first-order chi connectivity index (χ1) is 10.8. The average Bonchev–Trinajstić information content (AvgIpc) is 2.52. The molecular weight excluding hydrogens is 319 g/mol. The SMILES string of the molecule is CN(c1ccc(C(F)(F)F)cc1)[C@@H]1CC[C@@H](COC(F)F)NC1. The first kappa shape index (κ1) is 17.9. The van der Waals surface area contributed by atoms with Crippen LogP contribution in [0.2, 0.25) is 0 Å². The molecule has 1 heterocycles. The molecule has 1 aromatic rings. The summed E-state index contributed by atoms with van der Waals surface area (Å²) in [4.78, 5) is 1.90. The van der Waals surface area contributed by atoms with Crippen molar-refractivity contribution >= 4 is 5.69 Å². The van der Waals surface area contributed by atoms with E-state index in [1.165, 1.54) is 12.1 Å². The number of hydrogen-bond acceptors (Lipinski definition) is 3. The van der Waals surface area contributed by atoms with Gasteiger partial charge in [-0.15, -0.1) is 0 Å². The number of benzene rings is 1. The van der Waals surface area contributed by atoms with Gasteiger partial charge in [0.25, 0.3) is 0 Å². The fourth-order valence-corrected chi connectivity index (χ4v) is 2.66. The highest BCUT2D eigenvalue weighted by atomic mass is 19.4. The summed E-state index contributed by atoms with van der Waals surface area (Å²) in [6.07, 6.45) is -2.93. The Hall–Kier alpha value is -1.41. The molecule has 1 aliphatic heterocycles. The van der Waals surface area contributed by atoms with Crippen LogP contribution in [0.4, 0.5) is 27.6 Å². The van der Waals surface area contributed by atoms with Gasteiger partial charge < -0.3 is 15.0 Å². The molecule has 1 N–H and O–H groups in total. The third-order valence-electron chi connectivity index (χ3n) is 4.06. The first-order valence-electron chi connectivity index (χ1n) is 7.30. The van der Waals surface area contributed by atoms with Gasteiger partial charge in [0.2, 0.25) is 0 Å². The number of piperidine rings is 1. The van der Waals surface area contributed by atoms with Crippen LogP contribution in [0.25, 0.3) is 0 Å². The lowest BCUT2D eigenvalue weighted by molar-refractivity contribution is -0.137. The number of nitrogens with zero attached hydrogens (tertiary/aromatic N) is 1. The summed E-state index contributed by atoms with van der Waals surface area (Å²) in [7, 11) is 1.81. The summed E-state index contributed by atoms with van der Waals surface area (Å²) in [5, 5.41) is 3.13. The summed E-state index contributed by atoms with van der Waals surface area (Å²) in [5.41, 5.74) is 0.00714. The van der Waals surface area contributed by atoms with Gasteiger partial charge in [-0.05, 0) is 37.1 Å². The molecule has 3 nitrogen and oxygen atoms in total. The van der Waals surface area contributed by atoms with Crippen LogP contribution in [0.3, 0.4) is 0 Å². The molecule has 1 aliphatic rings. The summed E-state index contributed by atoms with van der Waals surface area (Å²) < 4.78 is 66.0. The monoisotopic (exact) mass is 338 g/mol. The molecule has 2 rings (SSSR count). The second-order valence-electron chi connectivity index (χ2n) is 5.59. The summed E-state index contributed by atoms with van der Waals surface area (Å²) >= 11 is 0. The molecule has 0 amide bonds. The summed E-state index contributed by atoms with van der Waals surface area (Å²) in [6.45, 7) is -2.26. The molecule has 2 atom stereocenters. The van der Waals surface area contributed by atoms with Gasteiger partial charge in [-0.25, -0.2) is 0 Å². The van der Waals surface area contributed by atoms with Crippen LogP contribution in [0.5, 0.6) is 0 Å². The largest absolute Gasteiger partial charge is 0.416 e. The maximum Gasteiger partial charge on any atom is 0.416 e. The lowest BCUT2D eigenvalue weighted by Gasteiger charge is -2.36. The van der Waals surface area contributed by atoms with Gasteiger partial charge >= 0.3 is 12.8 Å². The highest BCUT2D eigenvalue weighted by Gasteiger charge is 2.30. The van der Waals surface area contributed by atoms with E-state index < -0.39 is 18.4 Å². The number of alkyl halides is 5. The quantitative estimate of drug-likeness (QED) is 0.832. The van der Waals surface area contributed by atoms with Gasteiger partial charge in [0.15, 0.2) is 0 Å². The molecule has 23 heavy (non-hydrogen) atoms. The lowest BCUT2D eigenvalue weighted by atomic mass is 9.99. The van der Waals surface area contributed by atoms with E-state index in [4.69, 9.17) is 0 Å². The smallest absolute Gasteiger partial charge is 0.370 e. The second kappa shape index (κ2) is 7.44. The van der Waals surface area contributed by atoms with E-state index in [0.717, 1.165) is 18.6 Å². The molecule has 1 fully saturated rings. The predicted octanol–water partition coefficient (Wildman–Crippen LogP) is 3.50. The van der Waals surface area contributed by atoms with Gasteiger partial charge in [-0.1, -0.05) is 0 Å². The van der Waals surface area contributed by atoms with E-state index in [9.17, 15) is 22.0 Å². The number of nitrogens with one attached hydrogen (secondary N) is 1. The maximum atomic E-state index is 12.6.